The molecule has 0 bridgehead atoms. The van der Waals surface area contributed by atoms with E-state index in [4.69, 9.17) is 0 Å². The molecule has 0 unspecified atom stereocenters. The van der Waals surface area contributed by atoms with Gasteiger partial charge in [-0.15, -0.1) is 0 Å². The molecule has 0 amide bonds. The Morgan fingerprint density at radius 3 is 2.83 bits per heavy atom. The smallest absolute Gasteiger partial charge is 0.194 e. The standard InChI is InChI=1S/C15H14N2O/c1-10-2-3-13(9-17-10)15(18)12-5-4-11-6-7-16-14(11)8-12/h2-5,8-9,16H,6-7H2,1H3. The van der Waals surface area contributed by atoms with Gasteiger partial charge in [-0.2, -0.15) is 0 Å². The van der Waals surface area contributed by atoms with Gasteiger partial charge in [0.25, 0.3) is 0 Å². The summed E-state index contributed by atoms with van der Waals surface area (Å²) in [5.74, 6) is 0.0269. The third-order valence-electron chi connectivity index (χ3n) is 3.26. The van der Waals surface area contributed by atoms with E-state index in [1.54, 1.807) is 6.20 Å². The van der Waals surface area contributed by atoms with Gasteiger partial charge in [0.2, 0.25) is 0 Å². The van der Waals surface area contributed by atoms with E-state index in [0.717, 1.165) is 24.3 Å². The Bertz CT molecular complexity index is 602. The number of carbonyl (C=O) groups is 1. The topological polar surface area (TPSA) is 42.0 Å². The van der Waals surface area contributed by atoms with Crippen LogP contribution in [0.15, 0.2) is 36.5 Å². The lowest BCUT2D eigenvalue weighted by molar-refractivity contribution is 0.103. The summed E-state index contributed by atoms with van der Waals surface area (Å²) in [6.45, 7) is 2.87. The van der Waals surface area contributed by atoms with Gasteiger partial charge >= 0.3 is 0 Å². The van der Waals surface area contributed by atoms with E-state index in [0.29, 0.717) is 11.1 Å². The molecular weight excluding hydrogens is 224 g/mol. The van der Waals surface area contributed by atoms with Gasteiger partial charge in [-0.05, 0) is 37.1 Å². The highest BCUT2D eigenvalue weighted by atomic mass is 16.1. The van der Waals surface area contributed by atoms with E-state index < -0.39 is 0 Å². The van der Waals surface area contributed by atoms with Crippen LogP contribution < -0.4 is 5.32 Å². The Morgan fingerprint density at radius 2 is 2.06 bits per heavy atom. The molecule has 2 heterocycles. The van der Waals surface area contributed by atoms with Crippen LogP contribution in [0.4, 0.5) is 5.69 Å². The number of nitrogens with zero attached hydrogens (tertiary/aromatic N) is 1. The number of rotatable bonds is 2. The Morgan fingerprint density at radius 1 is 1.22 bits per heavy atom. The van der Waals surface area contributed by atoms with Crippen LogP contribution in [-0.4, -0.2) is 17.3 Å². The van der Waals surface area contributed by atoms with E-state index in [2.05, 4.69) is 10.3 Å². The first-order valence-corrected chi connectivity index (χ1v) is 6.08. The number of aromatic nitrogens is 1. The van der Waals surface area contributed by atoms with Crippen LogP contribution in [0.1, 0.15) is 27.2 Å². The van der Waals surface area contributed by atoms with Crippen molar-refractivity contribution >= 4 is 11.5 Å². The number of aryl methyl sites for hydroxylation is 1. The third kappa shape index (κ3) is 1.88. The lowest BCUT2D eigenvalue weighted by atomic mass is 10.0. The minimum Gasteiger partial charge on any atom is -0.384 e. The summed E-state index contributed by atoms with van der Waals surface area (Å²) in [6.07, 6.45) is 2.67. The number of hydrogen-bond acceptors (Lipinski definition) is 3. The highest BCUT2D eigenvalue weighted by Gasteiger charge is 2.14. The number of carbonyl (C=O) groups excluding carboxylic acids is 1. The van der Waals surface area contributed by atoms with E-state index in [-0.39, 0.29) is 5.78 Å². The molecule has 3 heteroatoms. The second-order valence-electron chi connectivity index (χ2n) is 4.57. The van der Waals surface area contributed by atoms with Gasteiger partial charge in [-0.1, -0.05) is 12.1 Å². The molecule has 0 radical (unpaired) electrons. The molecule has 0 fully saturated rings. The quantitative estimate of drug-likeness (QED) is 0.818. The van der Waals surface area contributed by atoms with Gasteiger partial charge in [0.05, 0.1) is 0 Å². The lowest BCUT2D eigenvalue weighted by Crippen LogP contribution is -2.02. The van der Waals surface area contributed by atoms with E-state index >= 15 is 0 Å². The summed E-state index contributed by atoms with van der Waals surface area (Å²) in [5, 5.41) is 3.29. The second-order valence-corrected chi connectivity index (χ2v) is 4.57. The molecule has 1 N–H and O–H groups in total. The van der Waals surface area contributed by atoms with E-state index in [1.165, 1.54) is 5.56 Å². The lowest BCUT2D eigenvalue weighted by Gasteiger charge is -2.04. The Labute approximate surface area is 106 Å². The minimum atomic E-state index is 0.0269. The van der Waals surface area contributed by atoms with Gasteiger partial charge < -0.3 is 5.32 Å². The van der Waals surface area contributed by atoms with Gasteiger partial charge in [0.15, 0.2) is 5.78 Å². The highest BCUT2D eigenvalue weighted by molar-refractivity contribution is 6.09. The monoisotopic (exact) mass is 238 g/mol. The number of hydrogen-bond donors (Lipinski definition) is 1. The van der Waals surface area contributed by atoms with Gasteiger partial charge in [-0.3, -0.25) is 9.78 Å². The van der Waals surface area contributed by atoms with Gasteiger partial charge in [-0.25, -0.2) is 0 Å². The number of nitrogens with one attached hydrogen (secondary N) is 1. The fourth-order valence-corrected chi connectivity index (χ4v) is 2.20. The number of anilines is 1. The third-order valence-corrected chi connectivity index (χ3v) is 3.26. The van der Waals surface area contributed by atoms with E-state index in [1.807, 2.05) is 37.3 Å². The summed E-state index contributed by atoms with van der Waals surface area (Å²) in [5.41, 5.74) is 4.64. The Hall–Kier alpha value is -2.16. The molecule has 3 rings (SSSR count). The predicted octanol–water partition coefficient (Wildman–Crippen LogP) is 2.59. The number of benzene rings is 1. The molecule has 1 aliphatic rings. The zero-order valence-electron chi connectivity index (χ0n) is 10.2. The van der Waals surface area contributed by atoms with Crippen molar-refractivity contribution in [3.05, 3.63) is 58.9 Å². The van der Waals surface area contributed by atoms with Crippen molar-refractivity contribution in [2.45, 2.75) is 13.3 Å². The van der Waals surface area contributed by atoms with Crippen LogP contribution in [0.25, 0.3) is 0 Å². The molecule has 0 aliphatic carbocycles. The van der Waals surface area contributed by atoms with E-state index in [9.17, 15) is 4.79 Å². The van der Waals surface area contributed by atoms with Crippen molar-refractivity contribution in [2.24, 2.45) is 0 Å². The summed E-state index contributed by atoms with van der Waals surface area (Å²) in [6, 6.07) is 9.55. The molecule has 18 heavy (non-hydrogen) atoms. The molecular formula is C15H14N2O. The van der Waals surface area contributed by atoms with Crippen molar-refractivity contribution in [1.29, 1.82) is 0 Å². The van der Waals surface area contributed by atoms with Gasteiger partial charge in [0, 0.05) is 35.2 Å². The summed E-state index contributed by atoms with van der Waals surface area (Å²) in [7, 11) is 0. The fourth-order valence-electron chi connectivity index (χ4n) is 2.20. The Kier molecular flexibility index (Phi) is 2.59. The Balaban J connectivity index is 1.95. The minimum absolute atomic E-state index is 0.0269. The van der Waals surface area contributed by atoms with Crippen LogP contribution in [0.5, 0.6) is 0 Å². The maximum atomic E-state index is 12.3. The summed E-state index contributed by atoms with van der Waals surface area (Å²) in [4.78, 5) is 16.5. The average molecular weight is 238 g/mol. The maximum Gasteiger partial charge on any atom is 0.194 e. The van der Waals surface area contributed by atoms with Crippen LogP contribution in [0.2, 0.25) is 0 Å². The van der Waals surface area contributed by atoms with Crippen LogP contribution >= 0.6 is 0 Å². The fraction of sp³-hybridized carbons (Fsp3) is 0.200. The largest absolute Gasteiger partial charge is 0.384 e. The highest BCUT2D eigenvalue weighted by Crippen LogP contribution is 2.24. The van der Waals surface area contributed by atoms with Gasteiger partial charge in [0.1, 0.15) is 0 Å². The summed E-state index contributed by atoms with van der Waals surface area (Å²) >= 11 is 0. The average Bonchev–Trinajstić information content (AvgIpc) is 2.86. The first kappa shape index (κ1) is 11.0. The molecule has 0 atom stereocenters. The molecule has 1 aliphatic heterocycles. The van der Waals surface area contributed by atoms with Crippen molar-refractivity contribution in [3.8, 4) is 0 Å². The molecule has 1 aromatic carbocycles. The molecule has 0 saturated heterocycles. The number of pyridine rings is 1. The van der Waals surface area contributed by atoms with Crippen molar-refractivity contribution in [2.75, 3.05) is 11.9 Å². The molecule has 0 saturated carbocycles. The zero-order chi connectivity index (χ0) is 12.5. The molecule has 2 aromatic rings. The zero-order valence-corrected chi connectivity index (χ0v) is 10.2. The SMILES string of the molecule is Cc1ccc(C(=O)c2ccc3c(c2)NCC3)cn1. The van der Waals surface area contributed by atoms with Crippen molar-refractivity contribution < 1.29 is 4.79 Å². The molecule has 3 nitrogen and oxygen atoms in total. The first-order valence-electron chi connectivity index (χ1n) is 6.08. The van der Waals surface area contributed by atoms with Crippen LogP contribution in [-0.2, 0) is 6.42 Å². The molecule has 1 aromatic heterocycles. The number of ketones is 1. The summed E-state index contributed by atoms with van der Waals surface area (Å²) < 4.78 is 0. The molecule has 0 spiro atoms. The van der Waals surface area contributed by atoms with Crippen LogP contribution in [0.3, 0.4) is 0 Å². The predicted molar refractivity (Wildman–Crippen MR) is 71.0 cm³/mol. The van der Waals surface area contributed by atoms with Crippen molar-refractivity contribution in [1.82, 2.24) is 4.98 Å². The van der Waals surface area contributed by atoms with Crippen LogP contribution in [0, 0.1) is 6.92 Å². The number of fused-ring (bicyclic) bond motifs is 1. The normalized spacial score (nSPS) is 12.9. The second kappa shape index (κ2) is 4.26. The maximum absolute atomic E-state index is 12.3. The van der Waals surface area contributed by atoms with Crippen molar-refractivity contribution in [3.63, 3.8) is 0 Å². The first-order chi connectivity index (χ1) is 8.74. The molecule has 90 valence electrons.